The number of piperazine rings is 1. The minimum absolute atomic E-state index is 0. The molecule has 2 rings (SSSR count). The minimum Gasteiger partial charge on any atom is -0.356 e. The van der Waals surface area contributed by atoms with Crippen molar-refractivity contribution in [1.82, 2.24) is 15.1 Å². The molecule has 1 N–H and O–H groups in total. The largest absolute Gasteiger partial charge is 0.356 e. The summed E-state index contributed by atoms with van der Waals surface area (Å²) in [5, 5.41) is 3.52. The Bertz CT molecular complexity index is 516. The molecular weight excluding hydrogens is 443 g/mol. The van der Waals surface area contributed by atoms with Gasteiger partial charge >= 0.3 is 0 Å². The monoisotopic (exact) mass is 476 g/mol. The standard InChI is InChI=1S/C19H32N4S.HI/c1-17-7-6-8-18(15-17)16-22-10-12-23(13-11-22)19(20-2)21-9-4-5-14-24-3;/h6-8,15H,4-5,9-14,16H2,1-3H3,(H,20,21);1H. The van der Waals surface area contributed by atoms with E-state index in [9.17, 15) is 0 Å². The van der Waals surface area contributed by atoms with Crippen LogP contribution in [-0.2, 0) is 6.54 Å². The van der Waals surface area contributed by atoms with Gasteiger partial charge in [0.15, 0.2) is 5.96 Å². The van der Waals surface area contributed by atoms with Crippen molar-refractivity contribution in [3.05, 3.63) is 35.4 Å². The number of hydrogen-bond acceptors (Lipinski definition) is 3. The molecule has 0 bridgehead atoms. The Morgan fingerprint density at radius 3 is 2.60 bits per heavy atom. The van der Waals surface area contributed by atoms with Crippen molar-refractivity contribution in [3.8, 4) is 0 Å². The second-order valence-electron chi connectivity index (χ2n) is 6.43. The van der Waals surface area contributed by atoms with Gasteiger partial charge in [-0.1, -0.05) is 29.8 Å². The van der Waals surface area contributed by atoms with E-state index in [2.05, 4.69) is 57.6 Å². The molecule has 0 aromatic heterocycles. The number of unbranched alkanes of at least 4 members (excludes halogenated alkanes) is 1. The summed E-state index contributed by atoms with van der Waals surface area (Å²) < 4.78 is 0. The SMILES string of the molecule is CN=C(NCCCCSC)N1CCN(Cc2cccc(C)c2)CC1.I. The Morgan fingerprint density at radius 1 is 1.20 bits per heavy atom. The van der Waals surface area contributed by atoms with Gasteiger partial charge in [0, 0.05) is 46.3 Å². The van der Waals surface area contributed by atoms with Crippen LogP contribution in [0.5, 0.6) is 0 Å². The predicted molar refractivity (Wildman–Crippen MR) is 122 cm³/mol. The molecule has 0 amide bonds. The van der Waals surface area contributed by atoms with Crippen LogP contribution in [0.2, 0.25) is 0 Å². The van der Waals surface area contributed by atoms with E-state index in [1.165, 1.54) is 29.7 Å². The van der Waals surface area contributed by atoms with Crippen LogP contribution >= 0.6 is 35.7 Å². The first-order valence-electron chi connectivity index (χ1n) is 8.95. The molecule has 0 spiro atoms. The van der Waals surface area contributed by atoms with Gasteiger partial charge in [0.1, 0.15) is 0 Å². The van der Waals surface area contributed by atoms with Crippen molar-refractivity contribution in [1.29, 1.82) is 0 Å². The summed E-state index contributed by atoms with van der Waals surface area (Å²) in [6.45, 7) is 8.54. The third-order valence-electron chi connectivity index (χ3n) is 4.43. The highest BCUT2D eigenvalue weighted by atomic mass is 127. The van der Waals surface area contributed by atoms with Crippen LogP contribution < -0.4 is 5.32 Å². The molecule has 25 heavy (non-hydrogen) atoms. The maximum atomic E-state index is 4.46. The van der Waals surface area contributed by atoms with Crippen LogP contribution in [0.15, 0.2) is 29.3 Å². The lowest BCUT2D eigenvalue weighted by molar-refractivity contribution is 0.172. The second kappa shape index (κ2) is 12.8. The molecule has 0 unspecified atom stereocenters. The highest BCUT2D eigenvalue weighted by molar-refractivity contribution is 14.0. The van der Waals surface area contributed by atoms with Gasteiger partial charge in [0.25, 0.3) is 0 Å². The topological polar surface area (TPSA) is 30.9 Å². The molecule has 1 aliphatic rings. The molecule has 4 nitrogen and oxygen atoms in total. The summed E-state index contributed by atoms with van der Waals surface area (Å²) in [7, 11) is 1.89. The molecule has 1 heterocycles. The number of nitrogens with zero attached hydrogens (tertiary/aromatic N) is 3. The number of benzene rings is 1. The maximum Gasteiger partial charge on any atom is 0.193 e. The number of guanidine groups is 1. The smallest absolute Gasteiger partial charge is 0.193 e. The van der Waals surface area contributed by atoms with Gasteiger partial charge in [-0.2, -0.15) is 11.8 Å². The van der Waals surface area contributed by atoms with Crippen LogP contribution in [0.4, 0.5) is 0 Å². The summed E-state index contributed by atoms with van der Waals surface area (Å²) in [5.41, 5.74) is 2.76. The fourth-order valence-corrected chi connectivity index (χ4v) is 3.58. The molecule has 0 radical (unpaired) electrons. The summed E-state index contributed by atoms with van der Waals surface area (Å²) >= 11 is 1.92. The van der Waals surface area contributed by atoms with Crippen molar-refractivity contribution >= 4 is 41.7 Å². The third-order valence-corrected chi connectivity index (χ3v) is 5.13. The zero-order valence-electron chi connectivity index (χ0n) is 15.8. The Balaban J connectivity index is 0.00000312. The lowest BCUT2D eigenvalue weighted by Gasteiger charge is -2.36. The Morgan fingerprint density at radius 2 is 1.96 bits per heavy atom. The maximum absolute atomic E-state index is 4.46. The molecule has 1 saturated heterocycles. The van der Waals surface area contributed by atoms with Crippen molar-refractivity contribution < 1.29 is 0 Å². The highest BCUT2D eigenvalue weighted by Crippen LogP contribution is 2.10. The lowest BCUT2D eigenvalue weighted by Crippen LogP contribution is -2.52. The molecule has 142 valence electrons. The molecule has 0 aliphatic carbocycles. The van der Waals surface area contributed by atoms with Gasteiger partial charge < -0.3 is 10.2 Å². The van der Waals surface area contributed by atoms with Crippen molar-refractivity contribution in [2.24, 2.45) is 4.99 Å². The van der Waals surface area contributed by atoms with Crippen LogP contribution in [0, 0.1) is 6.92 Å². The van der Waals surface area contributed by atoms with Crippen LogP contribution in [0.3, 0.4) is 0 Å². The van der Waals surface area contributed by atoms with Crippen molar-refractivity contribution in [3.63, 3.8) is 0 Å². The number of aryl methyl sites for hydroxylation is 1. The normalized spacial score (nSPS) is 15.8. The number of nitrogens with one attached hydrogen (secondary N) is 1. The first-order chi connectivity index (χ1) is 11.7. The van der Waals surface area contributed by atoms with Gasteiger partial charge in [0.05, 0.1) is 0 Å². The average molecular weight is 476 g/mol. The van der Waals surface area contributed by atoms with E-state index in [1.807, 2.05) is 18.8 Å². The van der Waals surface area contributed by atoms with E-state index in [1.54, 1.807) is 0 Å². The van der Waals surface area contributed by atoms with Crippen LogP contribution in [0.1, 0.15) is 24.0 Å². The van der Waals surface area contributed by atoms with Crippen molar-refractivity contribution in [2.45, 2.75) is 26.3 Å². The van der Waals surface area contributed by atoms with Gasteiger partial charge in [0.2, 0.25) is 0 Å². The third kappa shape index (κ3) is 8.17. The van der Waals surface area contributed by atoms with Gasteiger partial charge in [-0.15, -0.1) is 24.0 Å². The Labute approximate surface area is 174 Å². The Hall–Kier alpha value is -0.470. The fraction of sp³-hybridized carbons (Fsp3) is 0.632. The number of rotatable bonds is 7. The number of thioether (sulfide) groups is 1. The minimum atomic E-state index is 0. The van der Waals surface area contributed by atoms with Gasteiger partial charge in [-0.3, -0.25) is 9.89 Å². The molecule has 1 aromatic rings. The molecule has 1 fully saturated rings. The molecular formula is C19H33IN4S. The Kier molecular flexibility index (Phi) is 11.6. The molecule has 1 aliphatic heterocycles. The summed E-state index contributed by atoms with van der Waals surface area (Å²) in [5.74, 6) is 2.31. The molecule has 0 atom stereocenters. The van der Waals surface area contributed by atoms with Crippen molar-refractivity contribution in [2.75, 3.05) is 51.8 Å². The van der Waals surface area contributed by atoms with E-state index < -0.39 is 0 Å². The fourth-order valence-electron chi connectivity index (χ4n) is 3.09. The molecule has 6 heteroatoms. The van der Waals surface area contributed by atoms with E-state index in [0.717, 1.165) is 45.2 Å². The molecule has 1 aromatic carbocycles. The molecule has 0 saturated carbocycles. The van der Waals surface area contributed by atoms with Crippen LogP contribution in [0.25, 0.3) is 0 Å². The first kappa shape index (κ1) is 22.6. The number of aliphatic imine (C=N–C) groups is 1. The van der Waals surface area contributed by atoms with Crippen LogP contribution in [-0.4, -0.2) is 67.5 Å². The van der Waals surface area contributed by atoms with E-state index in [4.69, 9.17) is 0 Å². The van der Waals surface area contributed by atoms with E-state index in [0.29, 0.717) is 0 Å². The first-order valence-corrected chi connectivity index (χ1v) is 10.3. The number of halogens is 1. The highest BCUT2D eigenvalue weighted by Gasteiger charge is 2.19. The number of hydrogen-bond donors (Lipinski definition) is 1. The zero-order chi connectivity index (χ0) is 17.2. The summed E-state index contributed by atoms with van der Waals surface area (Å²) in [4.78, 5) is 9.39. The average Bonchev–Trinajstić information content (AvgIpc) is 2.59. The predicted octanol–water partition coefficient (Wildman–Crippen LogP) is 3.45. The summed E-state index contributed by atoms with van der Waals surface area (Å²) in [6.07, 6.45) is 4.66. The van der Waals surface area contributed by atoms with Gasteiger partial charge in [-0.25, -0.2) is 0 Å². The quantitative estimate of drug-likeness (QED) is 0.283. The second-order valence-corrected chi connectivity index (χ2v) is 7.41. The van der Waals surface area contributed by atoms with E-state index >= 15 is 0 Å². The lowest BCUT2D eigenvalue weighted by atomic mass is 10.1. The zero-order valence-corrected chi connectivity index (χ0v) is 19.0. The van der Waals surface area contributed by atoms with Gasteiger partial charge in [-0.05, 0) is 37.3 Å². The summed E-state index contributed by atoms with van der Waals surface area (Å²) in [6, 6.07) is 8.84. The van der Waals surface area contributed by atoms with E-state index in [-0.39, 0.29) is 24.0 Å².